The highest BCUT2D eigenvalue weighted by molar-refractivity contribution is 6.30. The number of amides is 1. The van der Waals surface area contributed by atoms with E-state index in [1.165, 1.54) is 0 Å². The van der Waals surface area contributed by atoms with Gasteiger partial charge in [0.1, 0.15) is 0 Å². The highest BCUT2D eigenvalue weighted by Crippen LogP contribution is 2.45. The van der Waals surface area contributed by atoms with Gasteiger partial charge in [-0.1, -0.05) is 42.8 Å². The van der Waals surface area contributed by atoms with Gasteiger partial charge in [-0.25, -0.2) is 0 Å². The van der Waals surface area contributed by atoms with Gasteiger partial charge in [0.15, 0.2) is 0 Å². The Morgan fingerprint density at radius 1 is 1.33 bits per heavy atom. The normalized spacial score (nSPS) is 29.9. The molecular weight excluding hydrogens is 326 g/mol. The van der Waals surface area contributed by atoms with E-state index in [0.717, 1.165) is 24.8 Å². The number of aliphatic carboxylic acids is 1. The summed E-state index contributed by atoms with van der Waals surface area (Å²) < 4.78 is 0. The zero-order valence-electron chi connectivity index (χ0n) is 13.7. The molecule has 0 radical (unpaired) electrons. The summed E-state index contributed by atoms with van der Waals surface area (Å²) in [6.45, 7) is 1.78. The van der Waals surface area contributed by atoms with Crippen LogP contribution in [0, 0.1) is 5.41 Å². The third kappa shape index (κ3) is 3.20. The van der Waals surface area contributed by atoms with Crippen LogP contribution < -0.4 is 0 Å². The van der Waals surface area contributed by atoms with Gasteiger partial charge in [0.25, 0.3) is 0 Å². The average molecular weight is 348 g/mol. The van der Waals surface area contributed by atoms with Crippen molar-refractivity contribution in [2.75, 3.05) is 0 Å². The van der Waals surface area contributed by atoms with Crippen LogP contribution in [0.3, 0.4) is 0 Å². The maximum Gasteiger partial charge on any atom is 0.304 e. The second kappa shape index (κ2) is 6.60. The van der Waals surface area contributed by atoms with E-state index in [4.69, 9.17) is 11.6 Å². The largest absolute Gasteiger partial charge is 0.481 e. The summed E-state index contributed by atoms with van der Waals surface area (Å²) in [4.78, 5) is 26.4. The van der Waals surface area contributed by atoms with Crippen molar-refractivity contribution in [1.82, 2.24) is 4.90 Å². The Kier molecular flexibility index (Phi) is 4.68. The lowest BCUT2D eigenvalue weighted by Gasteiger charge is -2.46. The molecule has 1 fully saturated rings. The van der Waals surface area contributed by atoms with Crippen LogP contribution in [-0.4, -0.2) is 27.9 Å². The van der Waals surface area contributed by atoms with Crippen molar-refractivity contribution in [3.8, 4) is 0 Å². The summed E-state index contributed by atoms with van der Waals surface area (Å²) in [5, 5.41) is 9.88. The van der Waals surface area contributed by atoms with Gasteiger partial charge in [-0.05, 0) is 43.4 Å². The topological polar surface area (TPSA) is 57.6 Å². The molecule has 0 saturated carbocycles. The van der Waals surface area contributed by atoms with E-state index < -0.39 is 11.4 Å². The fraction of sp³-hybridized carbons (Fsp3) is 0.474. The molecular formula is C19H22ClNO3. The number of hydrogen-bond donors (Lipinski definition) is 1. The highest BCUT2D eigenvalue weighted by Gasteiger charge is 2.47. The molecule has 24 heavy (non-hydrogen) atoms. The van der Waals surface area contributed by atoms with Gasteiger partial charge < -0.3 is 10.0 Å². The number of allylic oxidation sites excluding steroid dienone is 1. The van der Waals surface area contributed by atoms with Crippen molar-refractivity contribution in [2.24, 2.45) is 5.41 Å². The zero-order chi connectivity index (χ0) is 17.3. The third-order valence-electron chi connectivity index (χ3n) is 5.20. The molecule has 1 heterocycles. The van der Waals surface area contributed by atoms with E-state index in [-0.39, 0.29) is 24.4 Å². The Morgan fingerprint density at radius 2 is 2.04 bits per heavy atom. The standard InChI is InChI=1S/C19H22ClNO3/c1-19(12-17(22)23)11-10-16(13-6-8-14(20)9-7-13)21(18(19)24)15-4-2-3-5-15/h2,4,6-9,15-16H,3,5,10-12H2,1H3,(H,22,23)/t15?,16?,19-/m1/s1. The fourth-order valence-corrected chi connectivity index (χ4v) is 4.02. The Labute approximate surface area is 147 Å². The second-order valence-corrected chi connectivity index (χ2v) is 7.46. The van der Waals surface area contributed by atoms with E-state index in [1.807, 2.05) is 29.2 Å². The van der Waals surface area contributed by atoms with E-state index in [1.54, 1.807) is 6.92 Å². The molecule has 2 unspecified atom stereocenters. The molecule has 1 saturated heterocycles. The van der Waals surface area contributed by atoms with Crippen LogP contribution in [0.1, 0.15) is 50.6 Å². The Morgan fingerprint density at radius 3 is 2.62 bits per heavy atom. The van der Waals surface area contributed by atoms with Gasteiger partial charge in [0.2, 0.25) is 5.91 Å². The minimum absolute atomic E-state index is 0.0237. The molecule has 0 aromatic heterocycles. The molecule has 5 heteroatoms. The number of likely N-dealkylation sites (tertiary alicyclic amines) is 1. The number of rotatable bonds is 4. The van der Waals surface area contributed by atoms with Crippen molar-refractivity contribution in [3.63, 3.8) is 0 Å². The predicted molar refractivity (Wildman–Crippen MR) is 92.8 cm³/mol. The SMILES string of the molecule is C[C@]1(CC(=O)O)CCC(c2ccc(Cl)cc2)N(C2C=CCC2)C1=O. The summed E-state index contributed by atoms with van der Waals surface area (Å²) >= 11 is 5.99. The number of carbonyl (C=O) groups is 2. The zero-order valence-corrected chi connectivity index (χ0v) is 14.5. The van der Waals surface area contributed by atoms with Crippen molar-refractivity contribution in [2.45, 2.75) is 51.1 Å². The molecule has 3 rings (SSSR count). The van der Waals surface area contributed by atoms with Gasteiger partial charge in [-0.3, -0.25) is 9.59 Å². The van der Waals surface area contributed by atoms with Gasteiger partial charge in [0.05, 0.1) is 23.9 Å². The summed E-state index contributed by atoms with van der Waals surface area (Å²) in [6, 6.07) is 7.64. The Balaban J connectivity index is 1.94. The highest BCUT2D eigenvalue weighted by atomic mass is 35.5. The monoisotopic (exact) mass is 347 g/mol. The minimum atomic E-state index is -0.919. The van der Waals surface area contributed by atoms with E-state index in [9.17, 15) is 14.7 Å². The van der Waals surface area contributed by atoms with Crippen LogP contribution in [-0.2, 0) is 9.59 Å². The molecule has 1 N–H and O–H groups in total. The van der Waals surface area contributed by atoms with E-state index in [0.29, 0.717) is 11.4 Å². The predicted octanol–water partition coefficient (Wildman–Crippen LogP) is 4.20. The molecule has 1 aliphatic carbocycles. The van der Waals surface area contributed by atoms with Gasteiger partial charge in [-0.15, -0.1) is 0 Å². The van der Waals surface area contributed by atoms with E-state index in [2.05, 4.69) is 12.2 Å². The van der Waals surface area contributed by atoms with Gasteiger partial charge in [0, 0.05) is 5.02 Å². The summed E-state index contributed by atoms with van der Waals surface area (Å²) in [5.74, 6) is -0.967. The molecule has 0 bridgehead atoms. The Bertz CT molecular complexity index is 670. The lowest BCUT2D eigenvalue weighted by molar-refractivity contribution is -0.158. The first-order valence-corrected chi connectivity index (χ1v) is 8.75. The molecule has 1 aromatic rings. The van der Waals surface area contributed by atoms with Crippen LogP contribution in [0.2, 0.25) is 5.02 Å². The lowest BCUT2D eigenvalue weighted by Crippen LogP contribution is -2.52. The first-order chi connectivity index (χ1) is 11.4. The number of halogens is 1. The molecule has 1 aliphatic heterocycles. The van der Waals surface area contributed by atoms with Gasteiger partial charge in [-0.2, -0.15) is 0 Å². The van der Waals surface area contributed by atoms with Crippen molar-refractivity contribution in [3.05, 3.63) is 47.0 Å². The first-order valence-electron chi connectivity index (χ1n) is 8.37. The molecule has 1 amide bonds. The molecule has 128 valence electrons. The third-order valence-corrected chi connectivity index (χ3v) is 5.45. The molecule has 2 aliphatic rings. The van der Waals surface area contributed by atoms with Crippen molar-refractivity contribution in [1.29, 1.82) is 0 Å². The Hall–Kier alpha value is -1.81. The van der Waals surface area contributed by atoms with E-state index >= 15 is 0 Å². The second-order valence-electron chi connectivity index (χ2n) is 7.02. The fourth-order valence-electron chi connectivity index (χ4n) is 3.89. The molecule has 4 nitrogen and oxygen atoms in total. The maximum atomic E-state index is 13.2. The van der Waals surface area contributed by atoms with Crippen LogP contribution >= 0.6 is 11.6 Å². The summed E-state index contributed by atoms with van der Waals surface area (Å²) in [7, 11) is 0. The summed E-state index contributed by atoms with van der Waals surface area (Å²) in [6.07, 6.45) is 7.26. The quantitative estimate of drug-likeness (QED) is 0.830. The van der Waals surface area contributed by atoms with Crippen LogP contribution in [0.4, 0.5) is 0 Å². The first kappa shape index (κ1) is 17.0. The number of piperidine rings is 1. The van der Waals surface area contributed by atoms with Crippen molar-refractivity contribution >= 4 is 23.5 Å². The van der Waals surface area contributed by atoms with Crippen LogP contribution in [0.25, 0.3) is 0 Å². The minimum Gasteiger partial charge on any atom is -0.481 e. The van der Waals surface area contributed by atoms with Crippen LogP contribution in [0.15, 0.2) is 36.4 Å². The number of nitrogens with zero attached hydrogens (tertiary/aromatic N) is 1. The number of hydrogen-bond acceptors (Lipinski definition) is 2. The average Bonchev–Trinajstić information content (AvgIpc) is 3.04. The molecule has 1 aromatic carbocycles. The molecule has 3 atom stereocenters. The maximum absolute atomic E-state index is 13.2. The summed E-state index contributed by atoms with van der Waals surface area (Å²) in [5.41, 5.74) is 0.232. The van der Waals surface area contributed by atoms with Gasteiger partial charge >= 0.3 is 5.97 Å². The lowest BCUT2D eigenvalue weighted by atomic mass is 9.74. The smallest absolute Gasteiger partial charge is 0.304 e. The van der Waals surface area contributed by atoms with Crippen molar-refractivity contribution < 1.29 is 14.7 Å². The molecule has 0 spiro atoms. The number of carboxylic acids is 1. The van der Waals surface area contributed by atoms with Crippen LogP contribution in [0.5, 0.6) is 0 Å². The number of carboxylic acid groups (broad SMARTS) is 1. The number of benzene rings is 1. The number of carbonyl (C=O) groups excluding carboxylic acids is 1.